The molecule has 4 nitrogen and oxygen atoms in total. The summed E-state index contributed by atoms with van der Waals surface area (Å²) >= 11 is 0. The number of aryl methyl sites for hydroxylation is 1. The van der Waals surface area contributed by atoms with Crippen molar-refractivity contribution in [3.05, 3.63) is 29.3 Å². The maximum atomic E-state index is 10.7. The fraction of sp³-hybridized carbons (Fsp3) is 0.462. The Labute approximate surface area is 101 Å². The molecule has 1 aromatic carbocycles. The van der Waals surface area contributed by atoms with Gasteiger partial charge in [-0.05, 0) is 42.5 Å². The van der Waals surface area contributed by atoms with E-state index in [1.54, 1.807) is 7.11 Å². The van der Waals surface area contributed by atoms with E-state index in [9.17, 15) is 4.79 Å². The first kappa shape index (κ1) is 11.9. The second-order valence-electron chi connectivity index (χ2n) is 4.42. The second kappa shape index (κ2) is 5.19. The summed E-state index contributed by atoms with van der Waals surface area (Å²) in [6.45, 7) is 0.254. The van der Waals surface area contributed by atoms with Crippen molar-refractivity contribution >= 4 is 5.91 Å². The Hall–Kier alpha value is -1.55. The molecule has 0 saturated carbocycles. The van der Waals surface area contributed by atoms with E-state index in [1.807, 2.05) is 6.07 Å². The highest BCUT2D eigenvalue weighted by molar-refractivity contribution is 5.75. The van der Waals surface area contributed by atoms with Crippen LogP contribution < -0.4 is 15.8 Å². The van der Waals surface area contributed by atoms with E-state index in [1.165, 1.54) is 11.1 Å². The molecule has 0 radical (unpaired) electrons. The fourth-order valence-corrected chi connectivity index (χ4v) is 2.28. The number of ether oxygens (including phenoxy) is 1. The van der Waals surface area contributed by atoms with Crippen LogP contribution in [0.5, 0.6) is 5.75 Å². The molecule has 0 saturated heterocycles. The lowest BCUT2D eigenvalue weighted by Gasteiger charge is -2.25. The average molecular weight is 234 g/mol. The Morgan fingerprint density at radius 3 is 3.06 bits per heavy atom. The van der Waals surface area contributed by atoms with Gasteiger partial charge in [0.25, 0.3) is 0 Å². The van der Waals surface area contributed by atoms with Crippen molar-refractivity contribution in [2.45, 2.75) is 25.3 Å². The third-order valence-electron chi connectivity index (χ3n) is 3.21. The smallest absolute Gasteiger partial charge is 0.231 e. The molecule has 1 unspecified atom stereocenters. The van der Waals surface area contributed by atoms with Gasteiger partial charge in [-0.1, -0.05) is 6.07 Å². The van der Waals surface area contributed by atoms with Gasteiger partial charge in [0.1, 0.15) is 5.75 Å². The number of carbonyl (C=O) groups is 1. The van der Waals surface area contributed by atoms with Crippen LogP contribution in [0.15, 0.2) is 18.2 Å². The highest BCUT2D eigenvalue weighted by Crippen LogP contribution is 2.25. The molecule has 0 spiro atoms. The largest absolute Gasteiger partial charge is 0.497 e. The van der Waals surface area contributed by atoms with E-state index < -0.39 is 0 Å². The number of benzene rings is 1. The molecular weight excluding hydrogens is 216 g/mol. The van der Waals surface area contributed by atoms with E-state index in [0.717, 1.165) is 25.0 Å². The van der Waals surface area contributed by atoms with Crippen LogP contribution in [-0.4, -0.2) is 25.6 Å². The quantitative estimate of drug-likeness (QED) is 0.803. The lowest BCUT2D eigenvalue weighted by atomic mass is 9.88. The highest BCUT2D eigenvalue weighted by Gasteiger charge is 2.18. The number of nitrogens with one attached hydrogen (secondary N) is 1. The lowest BCUT2D eigenvalue weighted by Crippen LogP contribution is -2.39. The lowest BCUT2D eigenvalue weighted by molar-refractivity contribution is -0.117. The molecule has 1 atom stereocenters. The zero-order valence-corrected chi connectivity index (χ0v) is 10.0. The van der Waals surface area contributed by atoms with Crippen LogP contribution >= 0.6 is 0 Å². The molecule has 0 heterocycles. The molecule has 1 aromatic rings. The Kier molecular flexibility index (Phi) is 3.64. The number of hydrogen-bond acceptors (Lipinski definition) is 3. The summed E-state index contributed by atoms with van der Waals surface area (Å²) in [5.41, 5.74) is 7.81. The highest BCUT2D eigenvalue weighted by atomic mass is 16.5. The molecule has 0 aliphatic heterocycles. The number of fused-ring (bicyclic) bond motifs is 1. The summed E-state index contributed by atoms with van der Waals surface area (Å²) in [7, 11) is 1.67. The van der Waals surface area contributed by atoms with Crippen LogP contribution in [0.1, 0.15) is 17.5 Å². The van der Waals surface area contributed by atoms with Crippen LogP contribution in [0.25, 0.3) is 0 Å². The van der Waals surface area contributed by atoms with Crippen LogP contribution in [0.3, 0.4) is 0 Å². The summed E-state index contributed by atoms with van der Waals surface area (Å²) in [4.78, 5) is 10.7. The molecule has 92 valence electrons. The zero-order valence-electron chi connectivity index (χ0n) is 10.0. The number of methoxy groups -OCH3 is 1. The Morgan fingerprint density at radius 2 is 2.35 bits per heavy atom. The monoisotopic (exact) mass is 234 g/mol. The van der Waals surface area contributed by atoms with Crippen LogP contribution in [0.4, 0.5) is 0 Å². The van der Waals surface area contributed by atoms with Crippen molar-refractivity contribution in [1.29, 1.82) is 0 Å². The van der Waals surface area contributed by atoms with Crippen LogP contribution in [0.2, 0.25) is 0 Å². The second-order valence-corrected chi connectivity index (χ2v) is 4.42. The number of carbonyl (C=O) groups excluding carboxylic acids is 1. The third kappa shape index (κ3) is 2.97. The van der Waals surface area contributed by atoms with E-state index in [-0.39, 0.29) is 12.5 Å². The van der Waals surface area contributed by atoms with Gasteiger partial charge < -0.3 is 15.8 Å². The van der Waals surface area contributed by atoms with Crippen molar-refractivity contribution in [3.63, 3.8) is 0 Å². The third-order valence-corrected chi connectivity index (χ3v) is 3.21. The minimum absolute atomic E-state index is 0.254. The number of hydrogen-bond donors (Lipinski definition) is 2. The molecule has 0 bridgehead atoms. The molecular formula is C13H18N2O2. The molecule has 17 heavy (non-hydrogen) atoms. The Balaban J connectivity index is 2.03. The number of rotatable bonds is 4. The van der Waals surface area contributed by atoms with E-state index >= 15 is 0 Å². The van der Waals surface area contributed by atoms with Gasteiger partial charge in [0.2, 0.25) is 5.91 Å². The summed E-state index contributed by atoms with van der Waals surface area (Å²) in [5.74, 6) is 0.584. The van der Waals surface area contributed by atoms with E-state index in [0.29, 0.717) is 6.04 Å². The minimum atomic E-state index is -0.304. The minimum Gasteiger partial charge on any atom is -0.497 e. The molecule has 1 aliphatic carbocycles. The Bertz CT molecular complexity index is 418. The average Bonchev–Trinajstić information content (AvgIpc) is 2.35. The van der Waals surface area contributed by atoms with Crippen LogP contribution in [-0.2, 0) is 17.6 Å². The molecule has 4 heteroatoms. The van der Waals surface area contributed by atoms with Gasteiger partial charge in [0, 0.05) is 6.04 Å². The molecule has 3 N–H and O–H groups in total. The summed E-state index contributed by atoms with van der Waals surface area (Å²) in [6, 6.07) is 6.53. The maximum Gasteiger partial charge on any atom is 0.231 e. The van der Waals surface area contributed by atoms with Crippen molar-refractivity contribution in [2.24, 2.45) is 5.73 Å². The molecule has 2 rings (SSSR count). The van der Waals surface area contributed by atoms with Gasteiger partial charge in [0.05, 0.1) is 13.7 Å². The summed E-state index contributed by atoms with van der Waals surface area (Å²) in [6.07, 6.45) is 3.02. The van der Waals surface area contributed by atoms with E-state index in [4.69, 9.17) is 10.5 Å². The van der Waals surface area contributed by atoms with Gasteiger partial charge in [0.15, 0.2) is 0 Å². The number of amides is 1. The van der Waals surface area contributed by atoms with Gasteiger partial charge in [-0.25, -0.2) is 0 Å². The SMILES string of the molecule is COc1ccc2c(c1)CC(NCC(N)=O)CC2. The van der Waals surface area contributed by atoms with Crippen molar-refractivity contribution in [3.8, 4) is 5.75 Å². The van der Waals surface area contributed by atoms with E-state index in [2.05, 4.69) is 17.4 Å². The maximum absolute atomic E-state index is 10.7. The number of primary amides is 1. The van der Waals surface area contributed by atoms with Crippen molar-refractivity contribution < 1.29 is 9.53 Å². The molecule has 1 amide bonds. The summed E-state index contributed by atoms with van der Waals surface area (Å²) < 4.78 is 5.22. The predicted molar refractivity (Wildman–Crippen MR) is 66.0 cm³/mol. The standard InChI is InChI=1S/C13H18N2O2/c1-17-12-5-3-9-2-4-11(6-10(9)7-12)15-8-13(14)16/h3,5,7,11,15H,2,4,6,8H2,1H3,(H2,14,16). The van der Waals surface area contributed by atoms with Crippen molar-refractivity contribution in [1.82, 2.24) is 5.32 Å². The topological polar surface area (TPSA) is 64.3 Å². The van der Waals surface area contributed by atoms with Crippen LogP contribution in [0, 0.1) is 0 Å². The fourth-order valence-electron chi connectivity index (χ4n) is 2.28. The first-order chi connectivity index (χ1) is 8.19. The zero-order chi connectivity index (χ0) is 12.3. The van der Waals surface area contributed by atoms with Gasteiger partial charge in [-0.15, -0.1) is 0 Å². The van der Waals surface area contributed by atoms with Gasteiger partial charge in [-0.2, -0.15) is 0 Å². The first-order valence-electron chi connectivity index (χ1n) is 5.86. The van der Waals surface area contributed by atoms with Gasteiger partial charge >= 0.3 is 0 Å². The van der Waals surface area contributed by atoms with Crippen molar-refractivity contribution in [2.75, 3.05) is 13.7 Å². The summed E-state index contributed by atoms with van der Waals surface area (Å²) in [5, 5.41) is 3.18. The predicted octanol–water partition coefficient (Wildman–Crippen LogP) is 0.627. The number of nitrogens with two attached hydrogens (primary N) is 1. The van der Waals surface area contributed by atoms with Gasteiger partial charge in [-0.3, -0.25) is 4.79 Å². The molecule has 0 aromatic heterocycles. The normalized spacial score (nSPS) is 18.5. The molecule has 1 aliphatic rings. The molecule has 0 fully saturated rings. The first-order valence-corrected chi connectivity index (χ1v) is 5.86. The Morgan fingerprint density at radius 1 is 1.53 bits per heavy atom.